The molecule has 1 aromatic carbocycles. The van der Waals surface area contributed by atoms with Crippen LogP contribution in [0.5, 0.6) is 0 Å². The molecular formula is C12H15NO3S2. The van der Waals surface area contributed by atoms with Gasteiger partial charge in [-0.05, 0) is 42.0 Å². The Balaban J connectivity index is 2.87. The lowest BCUT2D eigenvalue weighted by molar-refractivity contribution is -0.112. The van der Waals surface area contributed by atoms with Crippen molar-refractivity contribution in [2.24, 2.45) is 0 Å². The largest absolute Gasteiger partial charge is 0.322 e. The third-order valence-corrected chi connectivity index (χ3v) is 5.67. The Morgan fingerprint density at radius 2 is 1.89 bits per heavy atom. The highest BCUT2D eigenvalue weighted by molar-refractivity contribution is 8.72. The van der Waals surface area contributed by atoms with Crippen molar-refractivity contribution in [2.75, 3.05) is 11.1 Å². The number of carbonyl (C=O) groups is 1. The van der Waals surface area contributed by atoms with Gasteiger partial charge in [0.2, 0.25) is 8.87 Å². The molecule has 0 fully saturated rings. The van der Waals surface area contributed by atoms with Gasteiger partial charge in [0.05, 0.1) is 4.90 Å². The number of amides is 1. The zero-order valence-electron chi connectivity index (χ0n) is 10.3. The quantitative estimate of drug-likeness (QED) is 0.667. The summed E-state index contributed by atoms with van der Waals surface area (Å²) in [5.74, 6) is 0.213. The Labute approximate surface area is 111 Å². The molecule has 0 aliphatic heterocycles. The molecule has 0 bridgehead atoms. The summed E-state index contributed by atoms with van der Waals surface area (Å²) in [6.07, 6.45) is 0. The molecule has 0 saturated heterocycles. The lowest BCUT2D eigenvalue weighted by Gasteiger charge is -2.06. The summed E-state index contributed by atoms with van der Waals surface area (Å²) < 4.78 is 23.5. The Kier molecular flexibility index (Phi) is 4.98. The highest BCUT2D eigenvalue weighted by Crippen LogP contribution is 2.24. The second-order valence-corrected chi connectivity index (χ2v) is 7.84. The van der Waals surface area contributed by atoms with Crippen molar-refractivity contribution in [3.8, 4) is 0 Å². The lowest BCUT2D eigenvalue weighted by atomic mass is 10.3. The smallest absolute Gasteiger partial charge is 0.250 e. The molecular weight excluding hydrogens is 270 g/mol. The fourth-order valence-corrected chi connectivity index (χ4v) is 3.75. The van der Waals surface area contributed by atoms with Gasteiger partial charge in [0.15, 0.2) is 0 Å². The Morgan fingerprint density at radius 1 is 1.33 bits per heavy atom. The van der Waals surface area contributed by atoms with Gasteiger partial charge in [-0.15, -0.1) is 0 Å². The summed E-state index contributed by atoms with van der Waals surface area (Å²) in [6, 6.07) is 6.08. The molecule has 0 radical (unpaired) electrons. The number of hydrogen-bond acceptors (Lipinski definition) is 4. The molecule has 0 aliphatic rings. The van der Waals surface area contributed by atoms with E-state index in [1.165, 1.54) is 12.1 Å². The van der Waals surface area contributed by atoms with E-state index < -0.39 is 8.87 Å². The van der Waals surface area contributed by atoms with E-state index in [0.717, 1.165) is 10.8 Å². The molecule has 6 heteroatoms. The van der Waals surface area contributed by atoms with Crippen LogP contribution in [0.1, 0.15) is 13.8 Å². The summed E-state index contributed by atoms with van der Waals surface area (Å²) >= 11 is 0. The van der Waals surface area contributed by atoms with Crippen LogP contribution in [0.2, 0.25) is 0 Å². The first-order valence-electron chi connectivity index (χ1n) is 5.33. The third kappa shape index (κ3) is 3.89. The predicted molar refractivity (Wildman–Crippen MR) is 75.2 cm³/mol. The number of anilines is 1. The van der Waals surface area contributed by atoms with E-state index in [2.05, 4.69) is 11.9 Å². The van der Waals surface area contributed by atoms with E-state index in [1.54, 1.807) is 26.0 Å². The average Bonchev–Trinajstić information content (AvgIpc) is 2.29. The summed E-state index contributed by atoms with van der Waals surface area (Å²) in [4.78, 5) is 11.6. The molecule has 0 unspecified atom stereocenters. The second kappa shape index (κ2) is 6.06. The van der Waals surface area contributed by atoms with Gasteiger partial charge in [0.1, 0.15) is 0 Å². The zero-order valence-corrected chi connectivity index (χ0v) is 11.9. The summed E-state index contributed by atoms with van der Waals surface area (Å²) in [7, 11) is -2.40. The maximum Gasteiger partial charge on any atom is 0.250 e. The van der Waals surface area contributed by atoms with Crippen molar-refractivity contribution >= 4 is 31.3 Å². The van der Waals surface area contributed by atoms with Crippen molar-refractivity contribution in [3.05, 3.63) is 36.4 Å². The minimum Gasteiger partial charge on any atom is -0.322 e. The van der Waals surface area contributed by atoms with E-state index in [4.69, 9.17) is 0 Å². The van der Waals surface area contributed by atoms with Crippen LogP contribution in [0.15, 0.2) is 41.3 Å². The van der Waals surface area contributed by atoms with E-state index in [-0.39, 0.29) is 10.8 Å². The molecule has 1 aromatic rings. The van der Waals surface area contributed by atoms with Crippen LogP contribution in [0, 0.1) is 0 Å². The van der Waals surface area contributed by atoms with Gasteiger partial charge >= 0.3 is 0 Å². The summed E-state index contributed by atoms with van der Waals surface area (Å²) in [5.41, 5.74) is 0.941. The van der Waals surface area contributed by atoms with E-state index in [0.29, 0.717) is 17.0 Å². The lowest BCUT2D eigenvalue weighted by Crippen LogP contribution is -2.11. The fourth-order valence-electron chi connectivity index (χ4n) is 1.17. The van der Waals surface area contributed by atoms with Crippen LogP contribution in [0.3, 0.4) is 0 Å². The molecule has 1 amide bonds. The van der Waals surface area contributed by atoms with Gasteiger partial charge in [-0.2, -0.15) is 0 Å². The van der Waals surface area contributed by atoms with Gasteiger partial charge in [-0.25, -0.2) is 8.42 Å². The Hall–Kier alpha value is -1.27. The molecule has 0 aliphatic carbocycles. The van der Waals surface area contributed by atoms with Crippen LogP contribution in [-0.4, -0.2) is 20.1 Å². The number of carbonyl (C=O) groups excluding carboxylic acids is 1. The molecule has 1 N–H and O–H groups in total. The zero-order chi connectivity index (χ0) is 13.8. The highest BCUT2D eigenvalue weighted by atomic mass is 33.1. The van der Waals surface area contributed by atoms with Gasteiger partial charge in [-0.3, -0.25) is 4.79 Å². The number of benzene rings is 1. The van der Waals surface area contributed by atoms with E-state index in [1.807, 2.05) is 0 Å². The fraction of sp³-hybridized carbons (Fsp3) is 0.250. The molecule has 18 heavy (non-hydrogen) atoms. The predicted octanol–water partition coefficient (Wildman–Crippen LogP) is 2.64. The van der Waals surface area contributed by atoms with Crippen molar-refractivity contribution in [2.45, 2.75) is 18.7 Å². The standard InChI is InChI=1S/C12H15NO3S2/c1-4-17-18(15,16)11-7-5-10(6-8-11)13-12(14)9(2)3/h5-8H,2,4H2,1,3H3,(H,13,14). The minimum atomic E-state index is -3.29. The molecule has 0 atom stereocenters. The van der Waals surface area contributed by atoms with Crippen LogP contribution >= 0.6 is 10.8 Å². The maximum atomic E-state index is 11.7. The van der Waals surface area contributed by atoms with Gasteiger partial charge in [-0.1, -0.05) is 13.5 Å². The molecule has 0 aromatic heterocycles. The van der Waals surface area contributed by atoms with Crippen LogP contribution in [-0.2, 0) is 13.7 Å². The maximum absolute atomic E-state index is 11.7. The first-order chi connectivity index (χ1) is 8.36. The van der Waals surface area contributed by atoms with Crippen LogP contribution in [0.4, 0.5) is 5.69 Å². The third-order valence-electron chi connectivity index (χ3n) is 2.06. The Bertz CT molecular complexity index is 547. The molecule has 0 saturated carbocycles. The number of nitrogens with one attached hydrogen (secondary N) is 1. The normalized spacial score (nSPS) is 11.0. The van der Waals surface area contributed by atoms with E-state index >= 15 is 0 Å². The van der Waals surface area contributed by atoms with Crippen LogP contribution in [0.25, 0.3) is 0 Å². The monoisotopic (exact) mass is 285 g/mol. The second-order valence-electron chi connectivity index (χ2n) is 3.62. The number of hydrogen-bond donors (Lipinski definition) is 1. The van der Waals surface area contributed by atoms with Gasteiger partial charge in [0.25, 0.3) is 5.91 Å². The van der Waals surface area contributed by atoms with Crippen molar-refractivity contribution in [1.29, 1.82) is 0 Å². The number of rotatable bonds is 5. The van der Waals surface area contributed by atoms with Crippen molar-refractivity contribution in [3.63, 3.8) is 0 Å². The van der Waals surface area contributed by atoms with Gasteiger partial charge in [0, 0.05) is 17.0 Å². The first kappa shape index (κ1) is 14.8. The van der Waals surface area contributed by atoms with Gasteiger partial charge < -0.3 is 5.32 Å². The summed E-state index contributed by atoms with van der Waals surface area (Å²) in [5, 5.41) is 2.61. The Morgan fingerprint density at radius 3 is 2.33 bits per heavy atom. The molecule has 1 rings (SSSR count). The minimum absolute atomic E-state index is 0.239. The first-order valence-corrected chi connectivity index (χ1v) is 8.31. The van der Waals surface area contributed by atoms with Crippen molar-refractivity contribution in [1.82, 2.24) is 0 Å². The average molecular weight is 285 g/mol. The summed E-state index contributed by atoms with van der Waals surface area (Å²) in [6.45, 7) is 6.91. The molecule has 0 heterocycles. The molecule has 4 nitrogen and oxygen atoms in total. The highest BCUT2D eigenvalue weighted by Gasteiger charge is 2.13. The molecule has 98 valence electrons. The SMILES string of the molecule is C=C(C)C(=O)Nc1ccc(S(=O)(=O)SCC)cc1. The molecule has 0 spiro atoms. The topological polar surface area (TPSA) is 63.2 Å². The van der Waals surface area contributed by atoms with Crippen molar-refractivity contribution < 1.29 is 13.2 Å². The van der Waals surface area contributed by atoms with Crippen LogP contribution < -0.4 is 5.32 Å². The van der Waals surface area contributed by atoms with E-state index in [9.17, 15) is 13.2 Å².